The fourth-order valence-corrected chi connectivity index (χ4v) is 2.81. The number of rotatable bonds is 7. The van der Waals surface area contributed by atoms with Crippen molar-refractivity contribution in [3.63, 3.8) is 0 Å². The Balaban J connectivity index is 2.24. The van der Waals surface area contributed by atoms with Crippen molar-refractivity contribution >= 4 is 15.9 Å². The van der Waals surface area contributed by atoms with Gasteiger partial charge in [-0.05, 0) is 56.1 Å². The molecule has 0 aliphatic heterocycles. The van der Waals surface area contributed by atoms with Crippen LogP contribution in [-0.2, 0) is 6.42 Å². The van der Waals surface area contributed by atoms with Gasteiger partial charge in [0.25, 0.3) is 0 Å². The van der Waals surface area contributed by atoms with Crippen molar-refractivity contribution in [2.75, 3.05) is 13.7 Å². The first-order valence-corrected chi connectivity index (χ1v) is 8.04. The minimum atomic E-state index is 0.227. The molecule has 1 aromatic heterocycles. The van der Waals surface area contributed by atoms with Gasteiger partial charge >= 0.3 is 0 Å². The molecule has 3 nitrogen and oxygen atoms in total. The largest absolute Gasteiger partial charge is 0.496 e. The summed E-state index contributed by atoms with van der Waals surface area (Å²) in [6.45, 7) is 5.12. The maximum atomic E-state index is 5.47. The lowest BCUT2D eigenvalue weighted by Gasteiger charge is -2.19. The molecule has 0 aliphatic rings. The zero-order valence-corrected chi connectivity index (χ0v) is 14.4. The van der Waals surface area contributed by atoms with Crippen LogP contribution in [0, 0.1) is 6.92 Å². The molecule has 0 saturated heterocycles. The molecular weight excluding hydrogens is 330 g/mol. The Hall–Kier alpha value is -1.26. The van der Waals surface area contributed by atoms with Crippen molar-refractivity contribution in [1.29, 1.82) is 0 Å². The van der Waals surface area contributed by atoms with Gasteiger partial charge in [0.05, 0.1) is 13.4 Å². The lowest BCUT2D eigenvalue weighted by Crippen LogP contribution is -2.23. The van der Waals surface area contributed by atoms with Crippen LogP contribution >= 0.6 is 15.9 Å². The minimum absolute atomic E-state index is 0.227. The number of ether oxygens (including phenoxy) is 1. The number of hydrogen-bond acceptors (Lipinski definition) is 3. The molecule has 0 spiro atoms. The number of benzene rings is 1. The van der Waals surface area contributed by atoms with E-state index in [1.807, 2.05) is 25.3 Å². The van der Waals surface area contributed by atoms with Crippen LogP contribution in [-0.4, -0.2) is 13.7 Å². The Morgan fingerprint density at radius 2 is 2.14 bits per heavy atom. The first-order valence-electron chi connectivity index (χ1n) is 7.25. The van der Waals surface area contributed by atoms with E-state index >= 15 is 0 Å². The van der Waals surface area contributed by atoms with E-state index in [1.54, 1.807) is 7.11 Å². The summed E-state index contributed by atoms with van der Waals surface area (Å²) in [5.74, 6) is 1.86. The van der Waals surface area contributed by atoms with Crippen LogP contribution in [0.3, 0.4) is 0 Å². The molecule has 0 bridgehead atoms. The fraction of sp³-hybridized carbons (Fsp3) is 0.412. The minimum Gasteiger partial charge on any atom is -0.496 e. The molecule has 21 heavy (non-hydrogen) atoms. The van der Waals surface area contributed by atoms with Crippen molar-refractivity contribution in [3.8, 4) is 5.75 Å². The van der Waals surface area contributed by atoms with Crippen LogP contribution in [0.25, 0.3) is 0 Å². The van der Waals surface area contributed by atoms with E-state index in [0.717, 1.165) is 35.4 Å². The standard InChI is InChI=1S/C17H22BrNO2/c1-4-7-19-16(14-8-12(2)21-11-14)10-13-9-15(18)5-6-17(13)20-3/h5-6,8-9,11,16,19H,4,7,10H2,1-3H3. The van der Waals surface area contributed by atoms with Crippen LogP contribution in [0.15, 0.2) is 39.4 Å². The molecule has 1 aromatic carbocycles. The van der Waals surface area contributed by atoms with Crippen LogP contribution in [0.5, 0.6) is 5.75 Å². The lowest BCUT2D eigenvalue weighted by atomic mass is 10.00. The Bertz CT molecular complexity index is 580. The third-order valence-electron chi connectivity index (χ3n) is 3.46. The van der Waals surface area contributed by atoms with Crippen molar-refractivity contribution in [2.45, 2.75) is 32.7 Å². The van der Waals surface area contributed by atoms with Gasteiger partial charge < -0.3 is 14.5 Å². The second-order valence-corrected chi connectivity index (χ2v) is 6.07. The summed E-state index contributed by atoms with van der Waals surface area (Å²) in [6.07, 6.45) is 3.80. The van der Waals surface area contributed by atoms with Crippen molar-refractivity contribution in [2.24, 2.45) is 0 Å². The van der Waals surface area contributed by atoms with Crippen LogP contribution in [0.4, 0.5) is 0 Å². The number of nitrogens with one attached hydrogen (secondary N) is 1. The van der Waals surface area contributed by atoms with E-state index in [0.29, 0.717) is 0 Å². The Labute approximate surface area is 134 Å². The van der Waals surface area contributed by atoms with Crippen LogP contribution in [0.1, 0.15) is 36.3 Å². The number of aryl methyl sites for hydroxylation is 1. The molecular formula is C17H22BrNO2. The third kappa shape index (κ3) is 4.35. The summed E-state index contributed by atoms with van der Waals surface area (Å²) in [7, 11) is 1.71. The zero-order chi connectivity index (χ0) is 15.2. The van der Waals surface area contributed by atoms with Gasteiger partial charge in [0, 0.05) is 16.1 Å². The number of hydrogen-bond donors (Lipinski definition) is 1. The van der Waals surface area contributed by atoms with E-state index in [-0.39, 0.29) is 6.04 Å². The highest BCUT2D eigenvalue weighted by molar-refractivity contribution is 9.10. The van der Waals surface area contributed by atoms with Gasteiger partial charge in [0.1, 0.15) is 11.5 Å². The SMILES string of the molecule is CCCNC(Cc1cc(Br)ccc1OC)c1coc(C)c1. The predicted molar refractivity (Wildman–Crippen MR) is 88.9 cm³/mol. The number of methoxy groups -OCH3 is 1. The van der Waals surface area contributed by atoms with E-state index in [1.165, 1.54) is 11.1 Å². The molecule has 4 heteroatoms. The zero-order valence-electron chi connectivity index (χ0n) is 12.8. The summed E-state index contributed by atoms with van der Waals surface area (Å²) < 4.78 is 12.0. The predicted octanol–water partition coefficient (Wildman–Crippen LogP) is 4.64. The molecule has 2 rings (SSSR count). The summed E-state index contributed by atoms with van der Waals surface area (Å²) in [6, 6.07) is 8.44. The van der Waals surface area contributed by atoms with Gasteiger partial charge in [-0.2, -0.15) is 0 Å². The second-order valence-electron chi connectivity index (χ2n) is 5.16. The Morgan fingerprint density at radius 3 is 2.76 bits per heavy atom. The summed E-state index contributed by atoms with van der Waals surface area (Å²) in [5, 5.41) is 3.59. The van der Waals surface area contributed by atoms with Crippen molar-refractivity contribution in [3.05, 3.63) is 51.9 Å². The van der Waals surface area contributed by atoms with Gasteiger partial charge in [0.2, 0.25) is 0 Å². The van der Waals surface area contributed by atoms with Gasteiger partial charge in [0.15, 0.2) is 0 Å². The Morgan fingerprint density at radius 1 is 1.33 bits per heavy atom. The average Bonchev–Trinajstić information content (AvgIpc) is 2.90. The fourth-order valence-electron chi connectivity index (χ4n) is 2.40. The molecule has 0 amide bonds. The highest BCUT2D eigenvalue weighted by Crippen LogP contribution is 2.28. The highest BCUT2D eigenvalue weighted by atomic mass is 79.9. The summed E-state index contributed by atoms with van der Waals surface area (Å²) in [5.41, 5.74) is 2.36. The van der Waals surface area contributed by atoms with Gasteiger partial charge in [-0.1, -0.05) is 22.9 Å². The molecule has 1 unspecified atom stereocenters. The maximum Gasteiger partial charge on any atom is 0.122 e. The average molecular weight is 352 g/mol. The quantitative estimate of drug-likeness (QED) is 0.788. The molecule has 0 aliphatic carbocycles. The molecule has 1 N–H and O–H groups in total. The molecule has 114 valence electrons. The normalized spacial score (nSPS) is 12.4. The van der Waals surface area contributed by atoms with E-state index in [9.17, 15) is 0 Å². The second kappa shape index (κ2) is 7.66. The Kier molecular flexibility index (Phi) is 5.88. The van der Waals surface area contributed by atoms with Crippen LogP contribution in [0.2, 0.25) is 0 Å². The summed E-state index contributed by atoms with van der Waals surface area (Å²) >= 11 is 3.53. The topological polar surface area (TPSA) is 34.4 Å². The monoisotopic (exact) mass is 351 g/mol. The molecule has 2 aromatic rings. The lowest BCUT2D eigenvalue weighted by molar-refractivity contribution is 0.405. The molecule has 0 fully saturated rings. The number of furan rings is 1. The van der Waals surface area contributed by atoms with Gasteiger partial charge in [-0.25, -0.2) is 0 Å². The highest BCUT2D eigenvalue weighted by Gasteiger charge is 2.16. The molecule has 1 heterocycles. The van der Waals surface area contributed by atoms with Gasteiger partial charge in [-0.15, -0.1) is 0 Å². The van der Waals surface area contributed by atoms with E-state index in [2.05, 4.69) is 40.3 Å². The summed E-state index contributed by atoms with van der Waals surface area (Å²) in [4.78, 5) is 0. The number of halogens is 1. The smallest absolute Gasteiger partial charge is 0.122 e. The first-order chi connectivity index (χ1) is 10.1. The third-order valence-corrected chi connectivity index (χ3v) is 3.95. The van der Waals surface area contributed by atoms with Crippen LogP contribution < -0.4 is 10.1 Å². The first kappa shape index (κ1) is 16.1. The molecule has 0 radical (unpaired) electrons. The molecule has 1 atom stereocenters. The van der Waals surface area contributed by atoms with E-state index < -0.39 is 0 Å². The maximum absolute atomic E-state index is 5.47. The van der Waals surface area contributed by atoms with Gasteiger partial charge in [-0.3, -0.25) is 0 Å². The van der Waals surface area contributed by atoms with Crippen molar-refractivity contribution < 1.29 is 9.15 Å². The van der Waals surface area contributed by atoms with E-state index in [4.69, 9.17) is 9.15 Å². The molecule has 0 saturated carbocycles. The van der Waals surface area contributed by atoms with Crippen molar-refractivity contribution in [1.82, 2.24) is 5.32 Å².